The summed E-state index contributed by atoms with van der Waals surface area (Å²) in [5.74, 6) is -0.719. The highest BCUT2D eigenvalue weighted by atomic mass is 16.6. The van der Waals surface area contributed by atoms with Gasteiger partial charge < -0.3 is 0 Å². The van der Waals surface area contributed by atoms with Crippen molar-refractivity contribution in [2.45, 2.75) is 6.92 Å². The lowest BCUT2D eigenvalue weighted by Gasteiger charge is -2.04. The van der Waals surface area contributed by atoms with Crippen molar-refractivity contribution in [1.82, 2.24) is 5.43 Å². The molecule has 24 heavy (non-hydrogen) atoms. The van der Waals surface area contributed by atoms with Gasteiger partial charge >= 0.3 is 0 Å². The number of nitrogens with zero attached hydrogens (tertiary/aromatic N) is 3. The first-order chi connectivity index (χ1) is 11.4. The van der Waals surface area contributed by atoms with Crippen LogP contribution in [0.4, 0.5) is 11.4 Å². The summed E-state index contributed by atoms with van der Waals surface area (Å²) < 4.78 is 0. The maximum Gasteiger partial charge on any atom is 0.282 e. The molecule has 0 atom stereocenters. The van der Waals surface area contributed by atoms with E-state index < -0.39 is 15.8 Å². The first-order valence-corrected chi connectivity index (χ1v) is 6.73. The standard InChI is InChI=1S/C15H12N4O5/c1-10(11-6-8-12(9-7-11)18(21)22)16-17-15(20)13-4-2-3-5-14(13)19(23)24/h2-9H,1H3,(H,17,20)/b16-10-. The maximum atomic E-state index is 12.0. The highest BCUT2D eigenvalue weighted by Crippen LogP contribution is 2.17. The zero-order valence-electron chi connectivity index (χ0n) is 12.5. The first-order valence-electron chi connectivity index (χ1n) is 6.73. The van der Waals surface area contributed by atoms with Crippen LogP contribution in [0.5, 0.6) is 0 Å². The third kappa shape index (κ3) is 3.77. The second-order valence-electron chi connectivity index (χ2n) is 4.72. The SMILES string of the molecule is C/C(=N/NC(=O)c1ccccc1[N+](=O)[O-])c1ccc([N+](=O)[O-])cc1. The fourth-order valence-electron chi connectivity index (χ4n) is 1.91. The molecular formula is C15H12N4O5. The number of hydrogen-bond acceptors (Lipinski definition) is 6. The lowest BCUT2D eigenvalue weighted by Crippen LogP contribution is -2.20. The van der Waals surface area contributed by atoms with E-state index in [0.717, 1.165) is 0 Å². The van der Waals surface area contributed by atoms with Crippen LogP contribution >= 0.6 is 0 Å². The van der Waals surface area contributed by atoms with Gasteiger partial charge in [-0.2, -0.15) is 5.10 Å². The van der Waals surface area contributed by atoms with Gasteiger partial charge in [-0.05, 0) is 30.7 Å². The van der Waals surface area contributed by atoms with Crippen molar-refractivity contribution in [1.29, 1.82) is 0 Å². The van der Waals surface area contributed by atoms with Crippen molar-refractivity contribution in [2.24, 2.45) is 5.10 Å². The van der Waals surface area contributed by atoms with Crippen LogP contribution < -0.4 is 5.43 Å². The number of hydrogen-bond donors (Lipinski definition) is 1. The molecule has 0 aromatic heterocycles. The molecule has 0 saturated carbocycles. The van der Waals surface area contributed by atoms with Crippen LogP contribution in [-0.2, 0) is 0 Å². The van der Waals surface area contributed by atoms with Gasteiger partial charge in [0.25, 0.3) is 17.3 Å². The first kappa shape index (κ1) is 16.7. The molecule has 9 nitrogen and oxygen atoms in total. The molecule has 2 aromatic carbocycles. The molecule has 0 spiro atoms. The summed E-state index contributed by atoms with van der Waals surface area (Å²) >= 11 is 0. The van der Waals surface area contributed by atoms with Gasteiger partial charge in [0.05, 0.1) is 15.6 Å². The van der Waals surface area contributed by atoms with Crippen LogP contribution in [0.1, 0.15) is 22.8 Å². The third-order valence-corrected chi connectivity index (χ3v) is 3.17. The van der Waals surface area contributed by atoms with E-state index in [1.165, 1.54) is 48.5 Å². The second-order valence-corrected chi connectivity index (χ2v) is 4.72. The number of nitro groups is 2. The number of carbonyl (C=O) groups is 1. The fraction of sp³-hybridized carbons (Fsp3) is 0.0667. The van der Waals surface area contributed by atoms with Gasteiger partial charge in [-0.3, -0.25) is 25.0 Å². The number of rotatable bonds is 5. The number of non-ortho nitro benzene ring substituents is 1. The molecule has 0 saturated heterocycles. The van der Waals surface area contributed by atoms with Gasteiger partial charge in [0.15, 0.2) is 0 Å². The summed E-state index contributed by atoms with van der Waals surface area (Å²) in [6.45, 7) is 1.60. The van der Waals surface area contributed by atoms with Crippen LogP contribution in [0.15, 0.2) is 53.6 Å². The van der Waals surface area contributed by atoms with Crippen molar-refractivity contribution in [3.8, 4) is 0 Å². The summed E-state index contributed by atoms with van der Waals surface area (Å²) in [6, 6.07) is 11.1. The predicted octanol–water partition coefficient (Wildman–Crippen LogP) is 2.66. The van der Waals surface area contributed by atoms with Gasteiger partial charge in [-0.25, -0.2) is 5.43 Å². The Morgan fingerprint density at radius 3 is 2.21 bits per heavy atom. The number of nitro benzene ring substituents is 2. The molecule has 0 radical (unpaired) electrons. The van der Waals surface area contributed by atoms with Gasteiger partial charge in [-0.15, -0.1) is 0 Å². The Bertz CT molecular complexity index is 830. The Hall–Kier alpha value is -3.62. The predicted molar refractivity (Wildman–Crippen MR) is 85.9 cm³/mol. The van der Waals surface area contributed by atoms with Crippen molar-refractivity contribution >= 4 is 23.0 Å². The third-order valence-electron chi connectivity index (χ3n) is 3.17. The number of para-hydroxylation sites is 1. The summed E-state index contributed by atoms with van der Waals surface area (Å²) in [7, 11) is 0. The molecule has 122 valence electrons. The molecule has 0 aliphatic heterocycles. The Kier molecular flexibility index (Phi) is 4.95. The Labute approximate surface area is 135 Å². The normalized spacial score (nSPS) is 11.0. The average Bonchev–Trinajstić information content (AvgIpc) is 2.59. The number of hydrazone groups is 1. The summed E-state index contributed by atoms with van der Waals surface area (Å²) in [5.41, 5.74) is 2.72. The minimum Gasteiger partial charge on any atom is -0.267 e. The van der Waals surface area contributed by atoms with Gasteiger partial charge in [0, 0.05) is 18.2 Å². The number of amides is 1. The summed E-state index contributed by atoms with van der Waals surface area (Å²) in [5, 5.41) is 25.4. The zero-order chi connectivity index (χ0) is 17.7. The van der Waals surface area contributed by atoms with Crippen LogP contribution in [0.2, 0.25) is 0 Å². The molecule has 0 heterocycles. The Morgan fingerprint density at radius 1 is 1.00 bits per heavy atom. The van der Waals surface area contributed by atoms with E-state index in [2.05, 4.69) is 10.5 Å². The fourth-order valence-corrected chi connectivity index (χ4v) is 1.91. The second kappa shape index (κ2) is 7.09. The highest BCUT2D eigenvalue weighted by Gasteiger charge is 2.18. The largest absolute Gasteiger partial charge is 0.282 e. The van der Waals surface area contributed by atoms with Crippen LogP contribution in [0.25, 0.3) is 0 Å². The van der Waals surface area contributed by atoms with Crippen molar-refractivity contribution in [3.05, 3.63) is 79.9 Å². The van der Waals surface area contributed by atoms with Crippen LogP contribution in [0.3, 0.4) is 0 Å². The van der Waals surface area contributed by atoms with E-state index in [-0.39, 0.29) is 16.9 Å². The minimum absolute atomic E-state index is 0.0597. The van der Waals surface area contributed by atoms with E-state index in [9.17, 15) is 25.0 Å². The molecule has 0 aliphatic rings. The van der Waals surface area contributed by atoms with Gasteiger partial charge in [0.1, 0.15) is 5.56 Å². The van der Waals surface area contributed by atoms with E-state index in [1.807, 2.05) is 0 Å². The van der Waals surface area contributed by atoms with E-state index in [0.29, 0.717) is 11.3 Å². The quantitative estimate of drug-likeness (QED) is 0.512. The minimum atomic E-state index is -0.719. The van der Waals surface area contributed by atoms with E-state index in [1.54, 1.807) is 6.92 Å². The number of carbonyl (C=O) groups excluding carboxylic acids is 1. The number of nitrogens with one attached hydrogen (secondary N) is 1. The van der Waals surface area contributed by atoms with Gasteiger partial charge in [0.2, 0.25) is 0 Å². The molecule has 0 aliphatic carbocycles. The molecule has 1 N–H and O–H groups in total. The molecule has 2 aromatic rings. The zero-order valence-corrected chi connectivity index (χ0v) is 12.5. The van der Waals surface area contributed by atoms with Crippen molar-refractivity contribution in [3.63, 3.8) is 0 Å². The summed E-state index contributed by atoms with van der Waals surface area (Å²) in [6.07, 6.45) is 0. The molecule has 0 bridgehead atoms. The Balaban J connectivity index is 2.16. The topological polar surface area (TPSA) is 128 Å². The number of benzene rings is 2. The van der Waals surface area contributed by atoms with E-state index in [4.69, 9.17) is 0 Å². The molecule has 0 unspecified atom stereocenters. The Morgan fingerprint density at radius 2 is 1.62 bits per heavy atom. The van der Waals surface area contributed by atoms with Crippen molar-refractivity contribution < 1.29 is 14.6 Å². The lowest BCUT2D eigenvalue weighted by molar-refractivity contribution is -0.385. The smallest absolute Gasteiger partial charge is 0.267 e. The van der Waals surface area contributed by atoms with Gasteiger partial charge in [-0.1, -0.05) is 12.1 Å². The molecule has 1 amide bonds. The van der Waals surface area contributed by atoms with E-state index >= 15 is 0 Å². The molecule has 9 heteroatoms. The molecule has 0 fully saturated rings. The lowest BCUT2D eigenvalue weighted by atomic mass is 10.1. The maximum absolute atomic E-state index is 12.0. The monoisotopic (exact) mass is 328 g/mol. The summed E-state index contributed by atoms with van der Waals surface area (Å²) in [4.78, 5) is 32.4. The highest BCUT2D eigenvalue weighted by molar-refractivity contribution is 6.02. The van der Waals surface area contributed by atoms with Crippen LogP contribution in [-0.4, -0.2) is 21.5 Å². The van der Waals surface area contributed by atoms with Crippen LogP contribution in [0, 0.1) is 20.2 Å². The average molecular weight is 328 g/mol. The van der Waals surface area contributed by atoms with Crippen molar-refractivity contribution in [2.75, 3.05) is 0 Å². The molecule has 2 rings (SSSR count). The molecular weight excluding hydrogens is 316 g/mol.